The number of nitro benzene ring substituents is 1. The fourth-order valence-corrected chi connectivity index (χ4v) is 1.42. The zero-order chi connectivity index (χ0) is 13.0. The van der Waals surface area contributed by atoms with Crippen molar-refractivity contribution < 1.29 is 9.45 Å². The Morgan fingerprint density at radius 1 is 1.50 bits per heavy atom. The van der Waals surface area contributed by atoms with Crippen LogP contribution in [0.1, 0.15) is 11.3 Å². The molecule has 0 atom stereocenters. The highest BCUT2D eigenvalue weighted by Gasteiger charge is 2.14. The van der Waals surface area contributed by atoms with E-state index >= 15 is 0 Å². The second-order valence-corrected chi connectivity index (χ2v) is 3.43. The van der Waals surface area contributed by atoms with Crippen molar-refractivity contribution in [1.82, 2.24) is 5.16 Å². The molecule has 1 aromatic carbocycles. The molecule has 0 aliphatic carbocycles. The van der Waals surface area contributed by atoms with Crippen molar-refractivity contribution in [3.8, 4) is 6.07 Å². The quantitative estimate of drug-likeness (QED) is 0.651. The number of nitriles is 1. The second kappa shape index (κ2) is 4.97. The van der Waals surface area contributed by atoms with E-state index in [0.717, 1.165) is 0 Å². The van der Waals surface area contributed by atoms with Gasteiger partial charge in [-0.1, -0.05) is 5.16 Å². The summed E-state index contributed by atoms with van der Waals surface area (Å²) in [6.45, 7) is 0.284. The molecule has 2 aromatic rings. The van der Waals surface area contributed by atoms with Crippen LogP contribution in [0.2, 0.25) is 0 Å². The van der Waals surface area contributed by atoms with E-state index in [1.807, 2.05) is 6.07 Å². The number of rotatable bonds is 4. The molecule has 0 aliphatic heterocycles. The summed E-state index contributed by atoms with van der Waals surface area (Å²) in [5, 5.41) is 26.0. The van der Waals surface area contributed by atoms with Crippen LogP contribution < -0.4 is 5.32 Å². The largest absolute Gasteiger partial charge is 0.372 e. The molecule has 0 fully saturated rings. The van der Waals surface area contributed by atoms with E-state index in [4.69, 9.17) is 9.78 Å². The third-order valence-electron chi connectivity index (χ3n) is 2.27. The molecule has 1 aromatic heterocycles. The van der Waals surface area contributed by atoms with Crippen molar-refractivity contribution in [2.75, 3.05) is 5.32 Å². The Balaban J connectivity index is 2.22. The summed E-state index contributed by atoms with van der Waals surface area (Å²) >= 11 is 0. The lowest BCUT2D eigenvalue weighted by atomic mass is 10.2. The maximum atomic E-state index is 10.9. The highest BCUT2D eigenvalue weighted by atomic mass is 16.6. The van der Waals surface area contributed by atoms with E-state index in [0.29, 0.717) is 11.4 Å². The molecule has 7 heteroatoms. The average molecular weight is 244 g/mol. The van der Waals surface area contributed by atoms with Crippen LogP contribution in [-0.4, -0.2) is 10.1 Å². The number of hydrogen-bond donors (Lipinski definition) is 1. The molecule has 18 heavy (non-hydrogen) atoms. The Morgan fingerprint density at radius 3 is 2.94 bits per heavy atom. The van der Waals surface area contributed by atoms with Gasteiger partial charge in [-0.05, 0) is 12.1 Å². The van der Waals surface area contributed by atoms with Gasteiger partial charge in [0.2, 0.25) is 0 Å². The lowest BCUT2D eigenvalue weighted by Gasteiger charge is -2.04. The maximum absolute atomic E-state index is 10.9. The molecule has 0 amide bonds. The lowest BCUT2D eigenvalue weighted by molar-refractivity contribution is -0.384. The van der Waals surface area contributed by atoms with Crippen LogP contribution in [0.15, 0.2) is 35.0 Å². The van der Waals surface area contributed by atoms with Gasteiger partial charge in [-0.25, -0.2) is 0 Å². The highest BCUT2D eigenvalue weighted by Crippen LogP contribution is 2.25. The van der Waals surface area contributed by atoms with Gasteiger partial charge in [0.1, 0.15) is 5.69 Å². The van der Waals surface area contributed by atoms with Crippen LogP contribution in [-0.2, 0) is 6.54 Å². The number of nitrogens with one attached hydrogen (secondary N) is 1. The van der Waals surface area contributed by atoms with Crippen LogP contribution in [0.3, 0.4) is 0 Å². The molecule has 2 rings (SSSR count). The Morgan fingerprint density at radius 2 is 2.33 bits per heavy atom. The first-order chi connectivity index (χ1) is 8.70. The first-order valence-corrected chi connectivity index (χ1v) is 5.02. The molecule has 1 heterocycles. The predicted octanol–water partition coefficient (Wildman–Crippen LogP) is 2.07. The van der Waals surface area contributed by atoms with Crippen LogP contribution in [0.25, 0.3) is 0 Å². The molecule has 0 spiro atoms. The van der Waals surface area contributed by atoms with Crippen molar-refractivity contribution in [2.45, 2.75) is 6.54 Å². The van der Waals surface area contributed by atoms with Crippen LogP contribution >= 0.6 is 0 Å². The number of anilines is 1. The molecular formula is C11H8N4O3. The molecule has 0 aliphatic rings. The summed E-state index contributed by atoms with van der Waals surface area (Å²) in [6.07, 6.45) is 1.49. The molecule has 0 bridgehead atoms. The van der Waals surface area contributed by atoms with Gasteiger partial charge in [0.15, 0.2) is 5.76 Å². The third-order valence-corrected chi connectivity index (χ3v) is 2.27. The van der Waals surface area contributed by atoms with Crippen LogP contribution in [0, 0.1) is 21.4 Å². The van der Waals surface area contributed by atoms with E-state index in [1.54, 1.807) is 6.07 Å². The minimum absolute atomic E-state index is 0.145. The van der Waals surface area contributed by atoms with Gasteiger partial charge in [-0.2, -0.15) is 5.26 Å². The number of nitro groups is 1. The molecular weight excluding hydrogens is 236 g/mol. The summed E-state index contributed by atoms with van der Waals surface area (Å²) in [5.74, 6) is 0.564. The Hall–Kier alpha value is -2.88. The van der Waals surface area contributed by atoms with Crippen LogP contribution in [0.4, 0.5) is 11.4 Å². The maximum Gasteiger partial charge on any atom is 0.293 e. The first kappa shape index (κ1) is 11.6. The fourth-order valence-electron chi connectivity index (χ4n) is 1.42. The Labute approximate surface area is 102 Å². The van der Waals surface area contributed by atoms with Crippen molar-refractivity contribution in [3.05, 3.63) is 51.9 Å². The zero-order valence-electron chi connectivity index (χ0n) is 9.16. The van der Waals surface area contributed by atoms with Gasteiger partial charge in [0.05, 0.1) is 29.3 Å². The van der Waals surface area contributed by atoms with E-state index in [9.17, 15) is 10.1 Å². The fraction of sp³-hybridized carbons (Fsp3) is 0.0909. The van der Waals surface area contributed by atoms with Crippen molar-refractivity contribution in [2.24, 2.45) is 0 Å². The topological polar surface area (TPSA) is 105 Å². The van der Waals surface area contributed by atoms with Crippen LogP contribution in [0.5, 0.6) is 0 Å². The third kappa shape index (κ3) is 2.44. The number of hydrogen-bond acceptors (Lipinski definition) is 6. The summed E-state index contributed by atoms with van der Waals surface area (Å²) in [7, 11) is 0. The summed E-state index contributed by atoms with van der Waals surface area (Å²) in [4.78, 5) is 10.3. The normalized spacial score (nSPS) is 9.72. The van der Waals surface area contributed by atoms with E-state index < -0.39 is 4.92 Å². The minimum Gasteiger partial charge on any atom is -0.372 e. The minimum atomic E-state index is -0.538. The van der Waals surface area contributed by atoms with Gasteiger partial charge in [0, 0.05) is 12.1 Å². The smallest absolute Gasteiger partial charge is 0.293 e. The number of benzene rings is 1. The molecule has 0 saturated carbocycles. The first-order valence-electron chi connectivity index (χ1n) is 5.02. The van der Waals surface area contributed by atoms with E-state index in [2.05, 4.69) is 10.5 Å². The highest BCUT2D eigenvalue weighted by molar-refractivity contribution is 5.64. The van der Waals surface area contributed by atoms with Crippen molar-refractivity contribution in [3.63, 3.8) is 0 Å². The summed E-state index contributed by atoms with van der Waals surface area (Å²) in [6, 6.07) is 7.74. The summed E-state index contributed by atoms with van der Waals surface area (Å²) < 4.78 is 4.87. The standard InChI is InChI=1S/C11H8N4O3/c12-6-8-1-2-10(11(5-8)15(16)17)13-7-9-3-4-14-18-9/h1-5,13H,7H2. The monoisotopic (exact) mass is 244 g/mol. The van der Waals surface area contributed by atoms with E-state index in [-0.39, 0.29) is 17.8 Å². The number of nitrogens with zero attached hydrogens (tertiary/aromatic N) is 3. The van der Waals surface area contributed by atoms with Crippen molar-refractivity contribution in [1.29, 1.82) is 5.26 Å². The lowest BCUT2D eigenvalue weighted by Crippen LogP contribution is -2.02. The second-order valence-electron chi connectivity index (χ2n) is 3.43. The molecule has 0 unspecified atom stereocenters. The van der Waals surface area contributed by atoms with E-state index in [1.165, 1.54) is 24.4 Å². The Bertz CT molecular complexity index is 601. The van der Waals surface area contributed by atoms with Gasteiger partial charge < -0.3 is 9.84 Å². The molecule has 0 saturated heterocycles. The van der Waals surface area contributed by atoms with Gasteiger partial charge >= 0.3 is 0 Å². The van der Waals surface area contributed by atoms with Crippen molar-refractivity contribution >= 4 is 11.4 Å². The zero-order valence-corrected chi connectivity index (χ0v) is 9.16. The molecule has 90 valence electrons. The molecule has 7 nitrogen and oxygen atoms in total. The van der Waals surface area contributed by atoms with Gasteiger partial charge in [-0.3, -0.25) is 10.1 Å². The average Bonchev–Trinajstić information content (AvgIpc) is 2.89. The Kier molecular flexibility index (Phi) is 3.20. The number of aromatic nitrogens is 1. The molecule has 1 N–H and O–H groups in total. The SMILES string of the molecule is N#Cc1ccc(NCc2ccno2)c([N+](=O)[O-])c1. The summed E-state index contributed by atoms with van der Waals surface area (Å²) in [5.41, 5.74) is 0.427. The van der Waals surface area contributed by atoms with Gasteiger partial charge in [-0.15, -0.1) is 0 Å². The predicted molar refractivity (Wildman–Crippen MR) is 61.6 cm³/mol. The molecule has 0 radical (unpaired) electrons. The van der Waals surface area contributed by atoms with Gasteiger partial charge in [0.25, 0.3) is 5.69 Å².